The molecule has 2 heterocycles. The second kappa shape index (κ2) is 8.41. The first-order valence-electron chi connectivity index (χ1n) is 9.82. The molecule has 178 valence electrons. The highest BCUT2D eigenvalue weighted by Gasteiger charge is 2.52. The molecule has 0 atom stereocenters. The third-order valence-electron chi connectivity index (χ3n) is 5.23. The van der Waals surface area contributed by atoms with Crippen LogP contribution in [0.3, 0.4) is 0 Å². The molecule has 0 spiro atoms. The fraction of sp³-hybridized carbons (Fsp3) is 0.381. The molecule has 0 bridgehead atoms. The lowest BCUT2D eigenvalue weighted by molar-refractivity contribution is -0.123. The minimum Gasteiger partial charge on any atom is -0.305 e. The molecule has 1 aliphatic heterocycles. The van der Waals surface area contributed by atoms with Crippen LogP contribution in [-0.4, -0.2) is 60.3 Å². The zero-order valence-corrected chi connectivity index (χ0v) is 19.2. The van der Waals surface area contributed by atoms with E-state index < -0.39 is 37.7 Å². The first-order chi connectivity index (χ1) is 15.2. The van der Waals surface area contributed by atoms with Crippen LogP contribution in [0.4, 0.5) is 23.7 Å². The highest BCUT2D eigenvalue weighted by molar-refractivity contribution is 7.92. The van der Waals surface area contributed by atoms with Crippen LogP contribution >= 0.6 is 0 Å². The summed E-state index contributed by atoms with van der Waals surface area (Å²) in [6.07, 6.45) is 1.61. The molecule has 0 N–H and O–H groups in total. The van der Waals surface area contributed by atoms with E-state index in [-0.39, 0.29) is 12.2 Å². The maximum absolute atomic E-state index is 13.1. The molecule has 1 saturated heterocycles. The second-order valence-electron chi connectivity index (χ2n) is 8.40. The Labute approximate surface area is 189 Å². The lowest BCUT2D eigenvalue weighted by atomic mass is 10.0. The molecule has 1 fully saturated rings. The molecule has 1 aromatic carbocycles. The number of anilines is 1. The maximum atomic E-state index is 13.1. The average molecular weight is 485 g/mol. The van der Waals surface area contributed by atoms with Crippen molar-refractivity contribution in [2.45, 2.75) is 42.9 Å². The Kier molecular flexibility index (Phi) is 6.28. The first kappa shape index (κ1) is 24.6. The first-order valence-corrected chi connectivity index (χ1v) is 11.3. The lowest BCUT2D eigenvalue weighted by Crippen LogP contribution is -2.43. The number of rotatable bonds is 6. The summed E-state index contributed by atoms with van der Waals surface area (Å²) in [6, 6.07) is 6.36. The van der Waals surface area contributed by atoms with Crippen LogP contribution < -0.4 is 4.90 Å². The minimum absolute atomic E-state index is 0.0234. The fourth-order valence-electron chi connectivity index (χ4n) is 3.46. The van der Waals surface area contributed by atoms with Crippen LogP contribution in [0, 0.1) is 0 Å². The summed E-state index contributed by atoms with van der Waals surface area (Å²) in [5.74, 6) is -0.582. The number of halogens is 3. The molecule has 1 aromatic heterocycles. The van der Waals surface area contributed by atoms with Crippen LogP contribution in [0.1, 0.15) is 25.1 Å². The summed E-state index contributed by atoms with van der Waals surface area (Å²) in [7, 11) is -1.75. The smallest absolute Gasteiger partial charge is 0.305 e. The number of alkyl halides is 3. The van der Waals surface area contributed by atoms with Crippen molar-refractivity contribution in [3.05, 3.63) is 53.9 Å². The normalized spacial score (nSPS) is 16.7. The predicted molar refractivity (Wildman–Crippen MR) is 114 cm³/mol. The quantitative estimate of drug-likeness (QED) is 0.585. The molecule has 1 aliphatic rings. The SMILES string of the molecule is CN(C)Cc1cc(CN2C(=O)N(c3ccc(S(=O)(=O)C(F)(F)F)cc3)C(=O)C2(C)C)ccn1. The lowest BCUT2D eigenvalue weighted by Gasteiger charge is -2.27. The molecule has 3 amide bonds. The van der Waals surface area contributed by atoms with E-state index in [0.29, 0.717) is 6.54 Å². The van der Waals surface area contributed by atoms with Crippen molar-refractivity contribution in [3.63, 3.8) is 0 Å². The third kappa shape index (κ3) is 4.58. The van der Waals surface area contributed by atoms with Gasteiger partial charge < -0.3 is 9.80 Å². The number of amides is 3. The predicted octanol–water partition coefficient (Wildman–Crippen LogP) is 3.18. The monoisotopic (exact) mass is 484 g/mol. The van der Waals surface area contributed by atoms with Gasteiger partial charge in [-0.3, -0.25) is 9.78 Å². The highest BCUT2D eigenvalue weighted by atomic mass is 32.2. The summed E-state index contributed by atoms with van der Waals surface area (Å²) in [4.78, 5) is 33.6. The maximum Gasteiger partial charge on any atom is 0.501 e. The van der Waals surface area contributed by atoms with Crippen LogP contribution in [0.2, 0.25) is 0 Å². The molecular formula is C21H23F3N4O4S. The number of carbonyl (C=O) groups is 2. The van der Waals surface area contributed by atoms with Gasteiger partial charge in [0.05, 0.1) is 16.3 Å². The van der Waals surface area contributed by atoms with Gasteiger partial charge in [0.15, 0.2) is 0 Å². The Morgan fingerprint density at radius 1 is 1.06 bits per heavy atom. The van der Waals surface area contributed by atoms with E-state index in [4.69, 9.17) is 0 Å². The van der Waals surface area contributed by atoms with Gasteiger partial charge in [0.25, 0.3) is 15.7 Å². The number of carbonyl (C=O) groups excluding carboxylic acids is 2. The molecule has 3 rings (SSSR count). The number of hydrogen-bond donors (Lipinski definition) is 0. The van der Waals surface area contributed by atoms with E-state index in [1.54, 1.807) is 26.1 Å². The van der Waals surface area contributed by atoms with Gasteiger partial charge in [0.1, 0.15) is 5.54 Å². The van der Waals surface area contributed by atoms with Gasteiger partial charge in [-0.1, -0.05) is 0 Å². The van der Waals surface area contributed by atoms with Gasteiger partial charge in [-0.05, 0) is 69.9 Å². The van der Waals surface area contributed by atoms with E-state index in [1.165, 1.54) is 4.90 Å². The molecule has 33 heavy (non-hydrogen) atoms. The van der Waals surface area contributed by atoms with Gasteiger partial charge in [-0.2, -0.15) is 13.2 Å². The van der Waals surface area contributed by atoms with Gasteiger partial charge in [-0.15, -0.1) is 0 Å². The van der Waals surface area contributed by atoms with E-state index in [0.717, 1.165) is 40.4 Å². The molecular weight excluding hydrogens is 461 g/mol. The van der Waals surface area contributed by atoms with Crippen molar-refractivity contribution in [3.8, 4) is 0 Å². The molecule has 0 aliphatic carbocycles. The Hall–Kier alpha value is -2.99. The van der Waals surface area contributed by atoms with Gasteiger partial charge >= 0.3 is 11.5 Å². The number of imide groups is 1. The summed E-state index contributed by atoms with van der Waals surface area (Å²) in [5, 5.41) is 0. The number of pyridine rings is 1. The summed E-state index contributed by atoms with van der Waals surface area (Å²) < 4.78 is 61.5. The molecule has 0 saturated carbocycles. The van der Waals surface area contributed by atoms with Crippen LogP contribution in [0.25, 0.3) is 0 Å². The standard InChI is InChI=1S/C21H23F3N4O4S/c1-20(2)18(29)28(16-5-7-17(8-6-16)33(31,32)21(22,23)24)19(30)27(20)12-14-9-10-25-15(11-14)13-26(3)4/h5-11H,12-13H2,1-4H3. The van der Waals surface area contributed by atoms with Gasteiger partial charge in [-0.25, -0.2) is 18.1 Å². The molecule has 0 radical (unpaired) electrons. The number of nitrogens with zero attached hydrogens (tertiary/aromatic N) is 4. The molecule has 2 aromatic rings. The number of aromatic nitrogens is 1. The average Bonchev–Trinajstić information content (AvgIpc) is 2.86. The molecule has 0 unspecified atom stereocenters. The second-order valence-corrected chi connectivity index (χ2v) is 10.3. The summed E-state index contributed by atoms with van der Waals surface area (Å²) in [5.41, 5.74) is -5.18. The van der Waals surface area contributed by atoms with Crippen molar-refractivity contribution < 1.29 is 31.2 Å². The van der Waals surface area contributed by atoms with Gasteiger partial charge in [0.2, 0.25) is 0 Å². The van der Waals surface area contributed by atoms with Crippen molar-refractivity contribution in [1.29, 1.82) is 0 Å². The van der Waals surface area contributed by atoms with Crippen molar-refractivity contribution in [2.24, 2.45) is 0 Å². The van der Waals surface area contributed by atoms with Crippen molar-refractivity contribution in [2.75, 3.05) is 19.0 Å². The van der Waals surface area contributed by atoms with Crippen LogP contribution in [0.15, 0.2) is 47.5 Å². The van der Waals surface area contributed by atoms with Crippen LogP contribution in [-0.2, 0) is 27.7 Å². The fourth-order valence-corrected chi connectivity index (χ4v) is 4.22. The summed E-state index contributed by atoms with van der Waals surface area (Å²) >= 11 is 0. The van der Waals surface area contributed by atoms with Crippen molar-refractivity contribution in [1.82, 2.24) is 14.8 Å². The molecule has 12 heteroatoms. The van der Waals surface area contributed by atoms with E-state index >= 15 is 0 Å². The zero-order valence-electron chi connectivity index (χ0n) is 18.4. The van der Waals surface area contributed by atoms with E-state index in [2.05, 4.69) is 4.98 Å². The number of hydrogen-bond acceptors (Lipinski definition) is 6. The third-order valence-corrected chi connectivity index (χ3v) is 6.74. The van der Waals surface area contributed by atoms with E-state index in [1.807, 2.05) is 25.1 Å². The van der Waals surface area contributed by atoms with Crippen molar-refractivity contribution >= 4 is 27.5 Å². The Morgan fingerprint density at radius 2 is 1.67 bits per heavy atom. The van der Waals surface area contributed by atoms with Crippen LogP contribution in [0.5, 0.6) is 0 Å². The Bertz CT molecular complexity index is 1180. The zero-order chi connectivity index (χ0) is 24.8. The topological polar surface area (TPSA) is 90.9 Å². The number of benzene rings is 1. The van der Waals surface area contributed by atoms with E-state index in [9.17, 15) is 31.2 Å². The highest BCUT2D eigenvalue weighted by Crippen LogP contribution is 2.35. The summed E-state index contributed by atoms with van der Waals surface area (Å²) in [6.45, 7) is 3.83. The minimum atomic E-state index is -5.54. The largest absolute Gasteiger partial charge is 0.501 e. The Balaban J connectivity index is 1.89. The van der Waals surface area contributed by atoms with Gasteiger partial charge in [0, 0.05) is 19.3 Å². The number of sulfone groups is 1. The number of urea groups is 1. The Morgan fingerprint density at radius 3 is 2.21 bits per heavy atom. The molecule has 8 nitrogen and oxygen atoms in total.